The minimum absolute atomic E-state index is 0.243. The molecule has 1 saturated heterocycles. The van der Waals surface area contributed by atoms with Gasteiger partial charge in [0.1, 0.15) is 0 Å². The molecular formula is C15H31N3Si. The zero-order chi connectivity index (χ0) is 14.6. The molecule has 0 aromatic rings. The van der Waals surface area contributed by atoms with Gasteiger partial charge in [0, 0.05) is 37.4 Å². The van der Waals surface area contributed by atoms with Crippen LogP contribution in [0, 0.1) is 17.2 Å². The number of rotatable bonds is 5. The minimum atomic E-state index is -0.809. The Balaban J connectivity index is 2.93. The third-order valence-corrected chi connectivity index (χ3v) is 6.77. The first kappa shape index (κ1) is 16.7. The van der Waals surface area contributed by atoms with Crippen LogP contribution in [-0.2, 0) is 0 Å². The van der Waals surface area contributed by atoms with Gasteiger partial charge in [0.25, 0.3) is 0 Å². The summed E-state index contributed by atoms with van der Waals surface area (Å²) in [5.41, 5.74) is 0.243. The predicted octanol–water partition coefficient (Wildman–Crippen LogP) is 2.69. The molecular weight excluding hydrogens is 250 g/mol. The van der Waals surface area contributed by atoms with E-state index >= 15 is 0 Å². The van der Waals surface area contributed by atoms with E-state index in [2.05, 4.69) is 56.7 Å². The predicted molar refractivity (Wildman–Crippen MR) is 84.7 cm³/mol. The van der Waals surface area contributed by atoms with Crippen LogP contribution in [0.3, 0.4) is 0 Å². The van der Waals surface area contributed by atoms with E-state index in [9.17, 15) is 0 Å². The van der Waals surface area contributed by atoms with Crippen molar-refractivity contribution in [1.29, 1.82) is 5.26 Å². The van der Waals surface area contributed by atoms with E-state index in [1.807, 2.05) is 0 Å². The normalized spacial score (nSPS) is 23.0. The summed E-state index contributed by atoms with van der Waals surface area (Å²) in [6.45, 7) is 17.6. The number of hydrogen-bond acceptors (Lipinski definition) is 3. The highest BCUT2D eigenvalue weighted by atomic mass is 28.3. The Kier molecular flexibility index (Phi) is 6.03. The van der Waals surface area contributed by atoms with Crippen molar-refractivity contribution in [2.45, 2.75) is 65.0 Å². The standard InChI is InChI=1S/C15H31N3Si/c1-13(2)15(3,4)18-12-8-11-17(10-7-9-16)14(18)19(5)6/h13-14,19H,7-8,10-12H2,1-6H3. The van der Waals surface area contributed by atoms with E-state index in [1.165, 1.54) is 19.5 Å². The summed E-state index contributed by atoms with van der Waals surface area (Å²) in [6.07, 6.45) is 1.90. The van der Waals surface area contributed by atoms with Crippen molar-refractivity contribution in [3.8, 4) is 6.07 Å². The lowest BCUT2D eigenvalue weighted by Gasteiger charge is -2.54. The summed E-state index contributed by atoms with van der Waals surface area (Å²) in [6, 6.07) is 2.31. The van der Waals surface area contributed by atoms with Crippen molar-refractivity contribution in [3.63, 3.8) is 0 Å². The van der Waals surface area contributed by atoms with Gasteiger partial charge in [-0.2, -0.15) is 5.26 Å². The van der Waals surface area contributed by atoms with E-state index in [1.54, 1.807) is 0 Å². The lowest BCUT2D eigenvalue weighted by Crippen LogP contribution is -2.66. The van der Waals surface area contributed by atoms with Crippen molar-refractivity contribution >= 4 is 8.80 Å². The molecule has 1 atom stereocenters. The zero-order valence-corrected chi connectivity index (χ0v) is 14.8. The molecule has 0 aliphatic carbocycles. The van der Waals surface area contributed by atoms with Crippen LogP contribution in [-0.4, -0.2) is 49.6 Å². The molecule has 110 valence electrons. The van der Waals surface area contributed by atoms with Crippen LogP contribution in [0.4, 0.5) is 0 Å². The van der Waals surface area contributed by atoms with Gasteiger partial charge in [-0.05, 0) is 26.2 Å². The van der Waals surface area contributed by atoms with E-state index in [0.29, 0.717) is 18.1 Å². The SMILES string of the molecule is CC(C)C(C)(C)N1CCCN(CCC#N)C1[SiH](C)C. The van der Waals surface area contributed by atoms with Crippen molar-refractivity contribution in [2.75, 3.05) is 19.6 Å². The largest absolute Gasteiger partial charge is 0.290 e. The van der Waals surface area contributed by atoms with Crippen LogP contribution in [0.25, 0.3) is 0 Å². The molecule has 1 aliphatic heterocycles. The molecule has 0 amide bonds. The van der Waals surface area contributed by atoms with E-state index in [-0.39, 0.29) is 5.54 Å². The molecule has 0 bridgehead atoms. The Morgan fingerprint density at radius 2 is 1.95 bits per heavy atom. The van der Waals surface area contributed by atoms with Gasteiger partial charge in [-0.15, -0.1) is 0 Å². The topological polar surface area (TPSA) is 30.3 Å². The average Bonchev–Trinajstić information content (AvgIpc) is 2.35. The summed E-state index contributed by atoms with van der Waals surface area (Å²) < 4.78 is 0. The molecule has 19 heavy (non-hydrogen) atoms. The Labute approximate surface area is 121 Å². The highest BCUT2D eigenvalue weighted by Crippen LogP contribution is 2.31. The Hall–Kier alpha value is -0.373. The maximum atomic E-state index is 8.86. The summed E-state index contributed by atoms with van der Waals surface area (Å²) >= 11 is 0. The monoisotopic (exact) mass is 281 g/mol. The van der Waals surface area contributed by atoms with Crippen LogP contribution in [0.2, 0.25) is 13.1 Å². The van der Waals surface area contributed by atoms with Crippen LogP contribution in [0.5, 0.6) is 0 Å². The van der Waals surface area contributed by atoms with Crippen molar-refractivity contribution < 1.29 is 0 Å². The van der Waals surface area contributed by atoms with Crippen LogP contribution in [0.15, 0.2) is 0 Å². The van der Waals surface area contributed by atoms with Gasteiger partial charge < -0.3 is 0 Å². The average molecular weight is 282 g/mol. The summed E-state index contributed by atoms with van der Waals surface area (Å²) in [5.74, 6) is 1.26. The molecule has 0 spiro atoms. The highest BCUT2D eigenvalue weighted by Gasteiger charge is 2.40. The van der Waals surface area contributed by atoms with Gasteiger partial charge in [-0.25, -0.2) is 0 Å². The molecule has 0 N–H and O–H groups in total. The lowest BCUT2D eigenvalue weighted by molar-refractivity contribution is -0.0348. The van der Waals surface area contributed by atoms with Gasteiger partial charge in [0.15, 0.2) is 0 Å². The molecule has 1 unspecified atom stereocenters. The molecule has 4 heteroatoms. The van der Waals surface area contributed by atoms with Crippen molar-refractivity contribution in [2.24, 2.45) is 5.92 Å². The van der Waals surface area contributed by atoms with Crippen LogP contribution < -0.4 is 0 Å². The fraction of sp³-hybridized carbons (Fsp3) is 0.933. The molecule has 0 aromatic carbocycles. The second-order valence-electron chi connectivity index (χ2n) is 6.96. The van der Waals surface area contributed by atoms with Gasteiger partial charge in [-0.3, -0.25) is 9.80 Å². The molecule has 0 saturated carbocycles. The summed E-state index contributed by atoms with van der Waals surface area (Å²) in [7, 11) is -0.809. The molecule has 0 radical (unpaired) electrons. The fourth-order valence-corrected chi connectivity index (χ4v) is 5.48. The Bertz CT molecular complexity index is 320. The van der Waals surface area contributed by atoms with Crippen molar-refractivity contribution in [3.05, 3.63) is 0 Å². The number of hydrogen-bond donors (Lipinski definition) is 0. The molecule has 1 heterocycles. The quantitative estimate of drug-likeness (QED) is 0.726. The van der Waals surface area contributed by atoms with Gasteiger partial charge in [0.05, 0.1) is 14.9 Å². The molecule has 1 rings (SSSR count). The Morgan fingerprint density at radius 3 is 2.42 bits per heavy atom. The Morgan fingerprint density at radius 1 is 1.32 bits per heavy atom. The van der Waals surface area contributed by atoms with Gasteiger partial charge >= 0.3 is 0 Å². The van der Waals surface area contributed by atoms with Crippen LogP contribution in [0.1, 0.15) is 40.5 Å². The fourth-order valence-electron chi connectivity index (χ4n) is 3.09. The molecule has 1 fully saturated rings. The number of nitrogens with zero attached hydrogens (tertiary/aromatic N) is 3. The maximum absolute atomic E-state index is 8.86. The summed E-state index contributed by atoms with van der Waals surface area (Å²) in [4.78, 5) is 5.31. The molecule has 1 aliphatic rings. The number of nitriles is 1. The second kappa shape index (κ2) is 6.87. The smallest absolute Gasteiger partial charge is 0.0692 e. The first-order valence-electron chi connectivity index (χ1n) is 7.70. The lowest BCUT2D eigenvalue weighted by atomic mass is 9.88. The van der Waals surface area contributed by atoms with Crippen LogP contribution >= 0.6 is 0 Å². The third-order valence-electron chi connectivity index (χ3n) is 4.80. The summed E-state index contributed by atoms with van der Waals surface area (Å²) in [5, 5.41) is 8.86. The van der Waals surface area contributed by atoms with Gasteiger partial charge in [0.2, 0.25) is 0 Å². The van der Waals surface area contributed by atoms with E-state index < -0.39 is 8.80 Å². The van der Waals surface area contributed by atoms with Gasteiger partial charge in [-0.1, -0.05) is 26.9 Å². The maximum Gasteiger partial charge on any atom is 0.0692 e. The first-order valence-corrected chi connectivity index (χ1v) is 10.7. The highest BCUT2D eigenvalue weighted by molar-refractivity contribution is 6.57. The zero-order valence-electron chi connectivity index (χ0n) is 13.6. The molecule has 3 nitrogen and oxygen atoms in total. The van der Waals surface area contributed by atoms with Crippen molar-refractivity contribution in [1.82, 2.24) is 9.80 Å². The van der Waals surface area contributed by atoms with E-state index in [4.69, 9.17) is 5.26 Å². The first-order chi connectivity index (χ1) is 8.82. The third kappa shape index (κ3) is 3.81. The molecule has 0 aromatic heterocycles. The van der Waals surface area contributed by atoms with E-state index in [0.717, 1.165) is 6.54 Å². The second-order valence-corrected chi connectivity index (χ2v) is 10.0. The minimum Gasteiger partial charge on any atom is -0.290 e.